The highest BCUT2D eigenvalue weighted by molar-refractivity contribution is 5.87. The topological polar surface area (TPSA) is 54.0 Å². The number of hydrogen-bond acceptors (Lipinski definition) is 5. The van der Waals surface area contributed by atoms with E-state index in [0.717, 1.165) is 5.56 Å². The molecule has 114 valence electrons. The zero-order valence-electron chi connectivity index (χ0n) is 12.4. The maximum atomic E-state index is 12.3. The maximum absolute atomic E-state index is 12.3. The van der Waals surface area contributed by atoms with Crippen LogP contribution in [0.2, 0.25) is 0 Å². The molecule has 1 saturated heterocycles. The first-order valence-corrected chi connectivity index (χ1v) is 7.20. The molecule has 21 heavy (non-hydrogen) atoms. The Morgan fingerprint density at radius 3 is 2.52 bits per heavy atom. The molecule has 1 spiro atoms. The Bertz CT molecular complexity index is 533. The first-order chi connectivity index (χ1) is 10.2. The van der Waals surface area contributed by atoms with Crippen molar-refractivity contribution in [3.8, 4) is 11.5 Å². The Kier molecular flexibility index (Phi) is 3.87. The molecule has 0 aromatic heterocycles. The van der Waals surface area contributed by atoms with Gasteiger partial charge in [0.2, 0.25) is 0 Å². The quantitative estimate of drug-likeness (QED) is 0.855. The van der Waals surface area contributed by atoms with Crippen molar-refractivity contribution in [2.45, 2.75) is 31.0 Å². The molecule has 2 fully saturated rings. The summed E-state index contributed by atoms with van der Waals surface area (Å²) in [4.78, 5) is 12.3. The van der Waals surface area contributed by atoms with Gasteiger partial charge in [-0.2, -0.15) is 0 Å². The Balaban J connectivity index is 1.88. The molecule has 1 saturated carbocycles. The van der Waals surface area contributed by atoms with Gasteiger partial charge in [0.15, 0.2) is 17.3 Å². The normalized spacial score (nSPS) is 24.3. The minimum absolute atomic E-state index is 0.211. The average molecular weight is 292 g/mol. The van der Waals surface area contributed by atoms with Gasteiger partial charge in [-0.1, -0.05) is 6.07 Å². The van der Waals surface area contributed by atoms with Crippen molar-refractivity contribution >= 4 is 5.78 Å². The van der Waals surface area contributed by atoms with Crippen LogP contribution in [0.5, 0.6) is 11.5 Å². The molecule has 0 N–H and O–H groups in total. The molecule has 1 aliphatic carbocycles. The Labute approximate surface area is 124 Å². The van der Waals surface area contributed by atoms with E-state index < -0.39 is 5.79 Å². The molecule has 0 radical (unpaired) electrons. The van der Waals surface area contributed by atoms with Crippen LogP contribution in [0.3, 0.4) is 0 Å². The lowest BCUT2D eigenvalue weighted by molar-refractivity contribution is -0.183. The largest absolute Gasteiger partial charge is 0.493 e. The van der Waals surface area contributed by atoms with Crippen LogP contribution in [0.1, 0.15) is 30.7 Å². The van der Waals surface area contributed by atoms with Gasteiger partial charge in [-0.3, -0.25) is 4.79 Å². The van der Waals surface area contributed by atoms with Crippen LogP contribution in [0, 0.1) is 0 Å². The Hall–Kier alpha value is -1.59. The van der Waals surface area contributed by atoms with E-state index in [1.54, 1.807) is 14.2 Å². The van der Waals surface area contributed by atoms with Crippen molar-refractivity contribution in [2.75, 3.05) is 27.4 Å². The van der Waals surface area contributed by atoms with E-state index in [1.807, 2.05) is 18.2 Å². The highest BCUT2D eigenvalue weighted by Gasteiger charge is 2.45. The predicted molar refractivity (Wildman–Crippen MR) is 75.8 cm³/mol. The lowest BCUT2D eigenvalue weighted by atomic mass is 9.79. The SMILES string of the molecule is COc1ccc(C2CC3(CCC2=O)OCCO3)cc1OC. The summed E-state index contributed by atoms with van der Waals surface area (Å²) in [6, 6.07) is 5.62. The second kappa shape index (κ2) is 5.66. The second-order valence-corrected chi connectivity index (χ2v) is 5.45. The third-order valence-corrected chi connectivity index (χ3v) is 4.28. The highest BCUT2D eigenvalue weighted by atomic mass is 16.7. The van der Waals surface area contributed by atoms with Gasteiger partial charge in [0, 0.05) is 25.2 Å². The van der Waals surface area contributed by atoms with Crippen molar-refractivity contribution < 1.29 is 23.7 Å². The van der Waals surface area contributed by atoms with Crippen molar-refractivity contribution in [2.24, 2.45) is 0 Å². The fourth-order valence-corrected chi connectivity index (χ4v) is 3.15. The van der Waals surface area contributed by atoms with Crippen LogP contribution in [-0.2, 0) is 14.3 Å². The van der Waals surface area contributed by atoms with Gasteiger partial charge in [-0.05, 0) is 17.7 Å². The molecule has 0 bridgehead atoms. The molecule has 0 amide bonds. The van der Waals surface area contributed by atoms with Crippen LogP contribution in [0.15, 0.2) is 18.2 Å². The number of rotatable bonds is 3. The fourth-order valence-electron chi connectivity index (χ4n) is 3.15. The summed E-state index contributed by atoms with van der Waals surface area (Å²) in [7, 11) is 3.19. The summed E-state index contributed by atoms with van der Waals surface area (Å²) in [6.45, 7) is 1.21. The number of Topliss-reactive ketones (excluding diaryl/α,β-unsaturated/α-hetero) is 1. The standard InChI is InChI=1S/C16H20O5/c1-18-14-4-3-11(9-15(14)19-2)12-10-16(6-5-13(12)17)20-7-8-21-16/h3-4,9,12H,5-8,10H2,1-2H3. The van der Waals surface area contributed by atoms with Gasteiger partial charge in [0.1, 0.15) is 5.78 Å². The van der Waals surface area contributed by atoms with E-state index in [-0.39, 0.29) is 11.7 Å². The van der Waals surface area contributed by atoms with Gasteiger partial charge in [0.05, 0.1) is 27.4 Å². The number of ether oxygens (including phenoxy) is 4. The average Bonchev–Trinajstić information content (AvgIpc) is 2.97. The molecule has 1 aromatic rings. The number of ketones is 1. The highest BCUT2D eigenvalue weighted by Crippen LogP contribution is 2.42. The summed E-state index contributed by atoms with van der Waals surface area (Å²) < 4.78 is 22.1. The number of hydrogen-bond donors (Lipinski definition) is 0. The van der Waals surface area contributed by atoms with Crippen LogP contribution in [-0.4, -0.2) is 39.0 Å². The third kappa shape index (κ3) is 2.63. The number of methoxy groups -OCH3 is 2. The molecule has 1 aliphatic heterocycles. The lowest BCUT2D eigenvalue weighted by Gasteiger charge is -2.35. The lowest BCUT2D eigenvalue weighted by Crippen LogP contribution is -2.39. The predicted octanol–water partition coefficient (Wildman–Crippen LogP) is 2.28. The summed E-state index contributed by atoms with van der Waals surface area (Å²) in [5.41, 5.74) is 0.927. The van der Waals surface area contributed by atoms with Gasteiger partial charge in [0.25, 0.3) is 0 Å². The minimum atomic E-state index is -0.578. The van der Waals surface area contributed by atoms with E-state index in [9.17, 15) is 4.79 Å². The van der Waals surface area contributed by atoms with Gasteiger partial charge >= 0.3 is 0 Å². The van der Waals surface area contributed by atoms with E-state index in [2.05, 4.69) is 0 Å². The molecule has 5 heteroatoms. The monoisotopic (exact) mass is 292 g/mol. The van der Waals surface area contributed by atoms with Crippen molar-refractivity contribution in [3.05, 3.63) is 23.8 Å². The molecule has 3 rings (SSSR count). The smallest absolute Gasteiger partial charge is 0.169 e. The third-order valence-electron chi connectivity index (χ3n) is 4.28. The van der Waals surface area contributed by atoms with Crippen molar-refractivity contribution in [3.63, 3.8) is 0 Å². The molecule has 2 aliphatic rings. The van der Waals surface area contributed by atoms with E-state index in [0.29, 0.717) is 44.0 Å². The van der Waals surface area contributed by atoms with Gasteiger partial charge in [-0.15, -0.1) is 0 Å². The summed E-state index contributed by atoms with van der Waals surface area (Å²) in [5.74, 6) is 0.734. The molecule has 1 unspecified atom stereocenters. The van der Waals surface area contributed by atoms with E-state index >= 15 is 0 Å². The van der Waals surface area contributed by atoms with Crippen LogP contribution < -0.4 is 9.47 Å². The van der Waals surface area contributed by atoms with Crippen LogP contribution in [0.25, 0.3) is 0 Å². The number of carbonyl (C=O) groups excluding carboxylic acids is 1. The molecule has 1 aromatic carbocycles. The second-order valence-electron chi connectivity index (χ2n) is 5.45. The van der Waals surface area contributed by atoms with Crippen molar-refractivity contribution in [1.82, 2.24) is 0 Å². The van der Waals surface area contributed by atoms with Crippen LogP contribution in [0.4, 0.5) is 0 Å². The maximum Gasteiger partial charge on any atom is 0.169 e. The number of benzene rings is 1. The first-order valence-electron chi connectivity index (χ1n) is 7.20. The van der Waals surface area contributed by atoms with Gasteiger partial charge < -0.3 is 18.9 Å². The molecule has 5 nitrogen and oxygen atoms in total. The zero-order valence-corrected chi connectivity index (χ0v) is 12.4. The zero-order chi connectivity index (χ0) is 14.9. The van der Waals surface area contributed by atoms with Crippen LogP contribution >= 0.6 is 0 Å². The Morgan fingerprint density at radius 1 is 1.14 bits per heavy atom. The summed E-state index contributed by atoms with van der Waals surface area (Å²) in [6.07, 6.45) is 1.70. The molecule has 1 atom stereocenters. The van der Waals surface area contributed by atoms with E-state index in [1.165, 1.54) is 0 Å². The summed E-state index contributed by atoms with van der Waals surface area (Å²) in [5, 5.41) is 0. The molecular weight excluding hydrogens is 272 g/mol. The summed E-state index contributed by atoms with van der Waals surface area (Å²) >= 11 is 0. The molecular formula is C16H20O5. The number of carbonyl (C=O) groups is 1. The molecule has 1 heterocycles. The first kappa shape index (κ1) is 14.4. The fraction of sp³-hybridized carbons (Fsp3) is 0.562. The Morgan fingerprint density at radius 2 is 1.86 bits per heavy atom. The van der Waals surface area contributed by atoms with E-state index in [4.69, 9.17) is 18.9 Å². The van der Waals surface area contributed by atoms with Gasteiger partial charge in [-0.25, -0.2) is 0 Å². The minimum Gasteiger partial charge on any atom is -0.493 e. The van der Waals surface area contributed by atoms with Crippen molar-refractivity contribution in [1.29, 1.82) is 0 Å².